The standard InChI is InChI=1S/C19H28N2O3/c1-2-17(13-22)20-9-11-21(12-10-20)19(23)16-5-7-18(8-6-16)24-14-15-3-4-15/h5-8,15,17,22H,2-4,9-14H2,1H3. The zero-order valence-corrected chi connectivity index (χ0v) is 14.5. The van der Waals surface area contributed by atoms with Crippen LogP contribution < -0.4 is 4.74 Å². The first kappa shape index (κ1) is 17.2. The summed E-state index contributed by atoms with van der Waals surface area (Å²) in [7, 11) is 0. The molecule has 1 saturated heterocycles. The van der Waals surface area contributed by atoms with Crippen molar-refractivity contribution in [2.45, 2.75) is 32.2 Å². The van der Waals surface area contributed by atoms with E-state index in [0.717, 1.165) is 56.4 Å². The first-order valence-electron chi connectivity index (χ1n) is 9.08. The molecular formula is C19H28N2O3. The highest BCUT2D eigenvalue weighted by Crippen LogP contribution is 2.29. The van der Waals surface area contributed by atoms with Crippen molar-refractivity contribution in [3.05, 3.63) is 29.8 Å². The van der Waals surface area contributed by atoms with Crippen molar-refractivity contribution >= 4 is 5.91 Å². The number of ether oxygens (including phenoxy) is 1. The minimum absolute atomic E-state index is 0.0837. The number of carbonyl (C=O) groups is 1. The average Bonchev–Trinajstić information content (AvgIpc) is 3.46. The molecule has 5 nitrogen and oxygen atoms in total. The van der Waals surface area contributed by atoms with E-state index in [1.807, 2.05) is 29.2 Å². The minimum atomic E-state index is 0.0837. The molecule has 1 amide bonds. The van der Waals surface area contributed by atoms with Crippen LogP contribution in [-0.2, 0) is 0 Å². The maximum Gasteiger partial charge on any atom is 0.253 e. The molecule has 1 unspecified atom stereocenters. The molecule has 2 fully saturated rings. The third kappa shape index (κ3) is 4.28. The Kier molecular flexibility index (Phi) is 5.74. The van der Waals surface area contributed by atoms with E-state index in [4.69, 9.17) is 4.74 Å². The summed E-state index contributed by atoms with van der Waals surface area (Å²) in [4.78, 5) is 16.8. The van der Waals surface area contributed by atoms with Crippen LogP contribution in [0.2, 0.25) is 0 Å². The lowest BCUT2D eigenvalue weighted by Gasteiger charge is -2.38. The maximum absolute atomic E-state index is 12.6. The molecule has 0 aromatic heterocycles. The van der Waals surface area contributed by atoms with E-state index in [0.29, 0.717) is 0 Å². The van der Waals surface area contributed by atoms with Gasteiger partial charge in [-0.3, -0.25) is 9.69 Å². The number of rotatable bonds is 7. The number of aliphatic hydroxyl groups is 1. The fourth-order valence-electron chi connectivity index (χ4n) is 3.17. The second-order valence-corrected chi connectivity index (χ2v) is 6.85. The Balaban J connectivity index is 1.51. The molecule has 1 atom stereocenters. The molecule has 1 aliphatic carbocycles. The van der Waals surface area contributed by atoms with E-state index in [2.05, 4.69) is 11.8 Å². The second kappa shape index (κ2) is 7.99. The van der Waals surface area contributed by atoms with Crippen LogP contribution in [0, 0.1) is 5.92 Å². The number of nitrogens with zero attached hydrogens (tertiary/aromatic N) is 2. The highest BCUT2D eigenvalue weighted by Gasteiger charge is 2.25. The van der Waals surface area contributed by atoms with Crippen LogP contribution in [0.25, 0.3) is 0 Å². The Morgan fingerprint density at radius 2 is 1.88 bits per heavy atom. The molecule has 0 radical (unpaired) electrons. The van der Waals surface area contributed by atoms with Gasteiger partial charge in [-0.15, -0.1) is 0 Å². The van der Waals surface area contributed by atoms with Gasteiger partial charge in [0.2, 0.25) is 0 Å². The monoisotopic (exact) mass is 332 g/mol. The third-order valence-electron chi connectivity index (χ3n) is 5.08. The van der Waals surface area contributed by atoms with Crippen molar-refractivity contribution in [1.82, 2.24) is 9.80 Å². The summed E-state index contributed by atoms with van der Waals surface area (Å²) < 4.78 is 5.72. The molecule has 1 aliphatic heterocycles. The van der Waals surface area contributed by atoms with Gasteiger partial charge >= 0.3 is 0 Å². The van der Waals surface area contributed by atoms with E-state index in [-0.39, 0.29) is 18.6 Å². The Hall–Kier alpha value is -1.59. The van der Waals surface area contributed by atoms with Gasteiger partial charge in [0.15, 0.2) is 0 Å². The molecule has 1 aromatic rings. The van der Waals surface area contributed by atoms with Gasteiger partial charge in [0.25, 0.3) is 5.91 Å². The van der Waals surface area contributed by atoms with Crippen LogP contribution in [0.3, 0.4) is 0 Å². The number of hydrogen-bond donors (Lipinski definition) is 1. The summed E-state index contributed by atoms with van der Waals surface area (Å²) in [6, 6.07) is 7.72. The quantitative estimate of drug-likeness (QED) is 0.830. The molecule has 3 rings (SSSR count). The smallest absolute Gasteiger partial charge is 0.253 e. The first-order valence-corrected chi connectivity index (χ1v) is 9.08. The van der Waals surface area contributed by atoms with Gasteiger partial charge < -0.3 is 14.7 Å². The molecule has 5 heteroatoms. The van der Waals surface area contributed by atoms with Crippen LogP contribution in [0.4, 0.5) is 0 Å². The number of benzene rings is 1. The van der Waals surface area contributed by atoms with Crippen molar-refractivity contribution in [3.8, 4) is 5.75 Å². The van der Waals surface area contributed by atoms with Crippen LogP contribution in [0.5, 0.6) is 5.75 Å². The van der Waals surface area contributed by atoms with Gasteiger partial charge in [0.1, 0.15) is 5.75 Å². The molecule has 0 spiro atoms. The fraction of sp³-hybridized carbons (Fsp3) is 0.632. The van der Waals surface area contributed by atoms with Gasteiger partial charge in [-0.2, -0.15) is 0 Å². The van der Waals surface area contributed by atoms with Crippen LogP contribution >= 0.6 is 0 Å². The fourth-order valence-corrected chi connectivity index (χ4v) is 3.17. The van der Waals surface area contributed by atoms with Gasteiger partial charge in [-0.05, 0) is 49.4 Å². The third-order valence-corrected chi connectivity index (χ3v) is 5.08. The molecule has 1 N–H and O–H groups in total. The lowest BCUT2D eigenvalue weighted by molar-refractivity contribution is 0.0472. The molecule has 1 saturated carbocycles. The molecule has 1 heterocycles. The van der Waals surface area contributed by atoms with Gasteiger partial charge in [0, 0.05) is 37.8 Å². The maximum atomic E-state index is 12.6. The summed E-state index contributed by atoms with van der Waals surface area (Å²) in [6.45, 7) is 6.15. The van der Waals surface area contributed by atoms with E-state index in [1.54, 1.807) is 0 Å². The highest BCUT2D eigenvalue weighted by molar-refractivity contribution is 5.94. The normalized spacial score (nSPS) is 20.0. The van der Waals surface area contributed by atoms with Gasteiger partial charge in [0.05, 0.1) is 13.2 Å². The van der Waals surface area contributed by atoms with Crippen molar-refractivity contribution in [2.24, 2.45) is 5.92 Å². The minimum Gasteiger partial charge on any atom is -0.493 e. The van der Waals surface area contributed by atoms with E-state index in [9.17, 15) is 9.90 Å². The number of carbonyl (C=O) groups excluding carboxylic acids is 1. The molecule has 1 aromatic carbocycles. The lowest BCUT2D eigenvalue weighted by atomic mass is 10.1. The SMILES string of the molecule is CCC(CO)N1CCN(C(=O)c2ccc(OCC3CC3)cc2)CC1. The van der Waals surface area contributed by atoms with E-state index < -0.39 is 0 Å². The Morgan fingerprint density at radius 1 is 1.21 bits per heavy atom. The Labute approximate surface area is 144 Å². The zero-order valence-electron chi connectivity index (χ0n) is 14.5. The van der Waals surface area contributed by atoms with Crippen molar-refractivity contribution in [2.75, 3.05) is 39.4 Å². The molecule has 132 valence electrons. The Morgan fingerprint density at radius 3 is 2.42 bits per heavy atom. The number of amides is 1. The predicted molar refractivity (Wildman–Crippen MR) is 93.3 cm³/mol. The van der Waals surface area contributed by atoms with Crippen LogP contribution in [0.1, 0.15) is 36.5 Å². The lowest BCUT2D eigenvalue weighted by Crippen LogP contribution is -2.52. The number of aliphatic hydroxyl groups excluding tert-OH is 1. The molecule has 24 heavy (non-hydrogen) atoms. The molecular weight excluding hydrogens is 304 g/mol. The summed E-state index contributed by atoms with van der Waals surface area (Å²) in [6.07, 6.45) is 3.49. The van der Waals surface area contributed by atoms with Crippen LogP contribution in [0.15, 0.2) is 24.3 Å². The Bertz CT molecular complexity index is 530. The summed E-state index contributed by atoms with van der Waals surface area (Å²) in [5.41, 5.74) is 0.719. The number of hydrogen-bond acceptors (Lipinski definition) is 4. The first-order chi connectivity index (χ1) is 11.7. The predicted octanol–water partition coefficient (Wildman–Crippen LogP) is 2.00. The van der Waals surface area contributed by atoms with Crippen LogP contribution in [-0.4, -0.2) is 66.2 Å². The highest BCUT2D eigenvalue weighted by atomic mass is 16.5. The summed E-state index contributed by atoms with van der Waals surface area (Å²) in [5.74, 6) is 1.66. The largest absolute Gasteiger partial charge is 0.493 e. The second-order valence-electron chi connectivity index (χ2n) is 6.85. The topological polar surface area (TPSA) is 53.0 Å². The molecule has 2 aliphatic rings. The van der Waals surface area contributed by atoms with E-state index in [1.165, 1.54) is 12.8 Å². The zero-order chi connectivity index (χ0) is 16.9. The van der Waals surface area contributed by atoms with Crippen molar-refractivity contribution in [3.63, 3.8) is 0 Å². The average molecular weight is 332 g/mol. The summed E-state index contributed by atoms with van der Waals surface area (Å²) >= 11 is 0. The van der Waals surface area contributed by atoms with Crippen molar-refractivity contribution in [1.29, 1.82) is 0 Å². The van der Waals surface area contributed by atoms with Gasteiger partial charge in [-0.1, -0.05) is 6.92 Å². The molecule has 0 bridgehead atoms. The van der Waals surface area contributed by atoms with Crippen molar-refractivity contribution < 1.29 is 14.6 Å². The van der Waals surface area contributed by atoms with E-state index >= 15 is 0 Å². The van der Waals surface area contributed by atoms with Gasteiger partial charge in [-0.25, -0.2) is 0 Å². The summed E-state index contributed by atoms with van der Waals surface area (Å²) in [5, 5.41) is 9.41. The number of piperazine rings is 1.